The van der Waals surface area contributed by atoms with Crippen molar-refractivity contribution in [1.82, 2.24) is 10.3 Å². The predicted octanol–water partition coefficient (Wildman–Crippen LogP) is 4.04. The van der Waals surface area contributed by atoms with Crippen LogP contribution in [0.5, 0.6) is 0 Å². The molecule has 0 bridgehead atoms. The summed E-state index contributed by atoms with van der Waals surface area (Å²) in [5.41, 5.74) is 1.50. The molecule has 1 heterocycles. The summed E-state index contributed by atoms with van der Waals surface area (Å²) in [5.74, 6) is 0.763. The number of aryl methyl sites for hydroxylation is 1. The van der Waals surface area contributed by atoms with Crippen LogP contribution in [0.1, 0.15) is 44.8 Å². The molecule has 0 aliphatic heterocycles. The van der Waals surface area contributed by atoms with Crippen LogP contribution >= 0.6 is 23.7 Å². The molecule has 0 saturated carbocycles. The van der Waals surface area contributed by atoms with Gasteiger partial charge in [-0.05, 0) is 24.7 Å². The molecule has 100 valence electrons. The van der Waals surface area contributed by atoms with Crippen LogP contribution in [0.4, 0.5) is 0 Å². The van der Waals surface area contributed by atoms with Gasteiger partial charge in [0.2, 0.25) is 0 Å². The number of aromatic nitrogens is 1. The third-order valence-electron chi connectivity index (χ3n) is 2.51. The largest absolute Gasteiger partial charge is 0.310 e. The zero-order valence-corrected chi connectivity index (χ0v) is 13.2. The molecule has 0 amide bonds. The summed E-state index contributed by atoms with van der Waals surface area (Å²) in [6.07, 6.45) is 1.26. The van der Waals surface area contributed by atoms with Gasteiger partial charge in [0.15, 0.2) is 0 Å². The second-order valence-corrected chi connectivity index (χ2v) is 6.69. The first-order chi connectivity index (χ1) is 7.39. The van der Waals surface area contributed by atoms with Crippen molar-refractivity contribution < 1.29 is 0 Å². The van der Waals surface area contributed by atoms with E-state index in [0.717, 1.165) is 24.7 Å². The summed E-state index contributed by atoms with van der Waals surface area (Å²) in [6.45, 7) is 13.2. The van der Waals surface area contributed by atoms with Gasteiger partial charge in [-0.3, -0.25) is 0 Å². The van der Waals surface area contributed by atoms with Crippen molar-refractivity contribution in [3.63, 3.8) is 0 Å². The summed E-state index contributed by atoms with van der Waals surface area (Å²) in [4.78, 5) is 4.45. The van der Waals surface area contributed by atoms with Crippen LogP contribution in [0.2, 0.25) is 0 Å². The molecule has 0 atom stereocenters. The Bertz CT molecular complexity index is 321. The minimum atomic E-state index is 0. The van der Waals surface area contributed by atoms with E-state index in [9.17, 15) is 0 Å². The molecule has 17 heavy (non-hydrogen) atoms. The Morgan fingerprint density at radius 1 is 1.41 bits per heavy atom. The van der Waals surface area contributed by atoms with Gasteiger partial charge < -0.3 is 5.32 Å². The predicted molar refractivity (Wildman–Crippen MR) is 79.0 cm³/mol. The summed E-state index contributed by atoms with van der Waals surface area (Å²) in [6, 6.07) is 0. The molecule has 0 aliphatic carbocycles. The number of hydrogen-bond donors (Lipinski definition) is 1. The zero-order chi connectivity index (χ0) is 12.2. The molecule has 0 saturated heterocycles. The highest BCUT2D eigenvalue weighted by molar-refractivity contribution is 7.09. The lowest BCUT2D eigenvalue weighted by Gasteiger charge is -2.26. The van der Waals surface area contributed by atoms with E-state index in [-0.39, 0.29) is 12.4 Å². The van der Waals surface area contributed by atoms with Crippen LogP contribution in [0.15, 0.2) is 5.38 Å². The molecule has 1 rings (SSSR count). The van der Waals surface area contributed by atoms with Gasteiger partial charge in [-0.25, -0.2) is 4.98 Å². The lowest BCUT2D eigenvalue weighted by atomic mass is 9.84. The Balaban J connectivity index is 0.00000256. The number of thiazole rings is 1. The van der Waals surface area contributed by atoms with Gasteiger partial charge >= 0.3 is 0 Å². The van der Waals surface area contributed by atoms with Crippen LogP contribution in [0.25, 0.3) is 0 Å². The Kier molecular flexibility index (Phi) is 7.29. The molecule has 1 aromatic heterocycles. The molecular weight excluding hydrogens is 252 g/mol. The SMILES string of the molecule is Cc1csc(CNCC(C)(C)CC(C)C)n1.Cl. The first-order valence-corrected chi connectivity index (χ1v) is 6.89. The van der Waals surface area contributed by atoms with Gasteiger partial charge in [0.05, 0.1) is 0 Å². The average molecular weight is 277 g/mol. The fourth-order valence-corrected chi connectivity index (χ4v) is 2.91. The van der Waals surface area contributed by atoms with Crippen LogP contribution < -0.4 is 5.32 Å². The van der Waals surface area contributed by atoms with Gasteiger partial charge in [-0.2, -0.15) is 0 Å². The normalized spacial score (nSPS) is 11.6. The van der Waals surface area contributed by atoms with Crippen molar-refractivity contribution in [3.8, 4) is 0 Å². The number of rotatable bonds is 6. The third kappa shape index (κ3) is 7.02. The Morgan fingerprint density at radius 3 is 2.53 bits per heavy atom. The van der Waals surface area contributed by atoms with E-state index in [1.54, 1.807) is 11.3 Å². The Hall–Kier alpha value is -0.120. The maximum Gasteiger partial charge on any atom is 0.107 e. The van der Waals surface area contributed by atoms with Crippen molar-refractivity contribution in [2.45, 2.75) is 47.6 Å². The first-order valence-electron chi connectivity index (χ1n) is 6.01. The van der Waals surface area contributed by atoms with Crippen molar-refractivity contribution in [1.29, 1.82) is 0 Å². The summed E-state index contributed by atoms with van der Waals surface area (Å²) < 4.78 is 0. The maximum absolute atomic E-state index is 4.45. The fourth-order valence-electron chi connectivity index (χ4n) is 2.17. The highest BCUT2D eigenvalue weighted by Gasteiger charge is 2.18. The van der Waals surface area contributed by atoms with E-state index in [0.29, 0.717) is 5.41 Å². The Morgan fingerprint density at radius 2 is 2.06 bits per heavy atom. The average Bonchev–Trinajstić information content (AvgIpc) is 2.48. The van der Waals surface area contributed by atoms with Gasteiger partial charge in [0.25, 0.3) is 0 Å². The van der Waals surface area contributed by atoms with E-state index >= 15 is 0 Å². The highest BCUT2D eigenvalue weighted by Crippen LogP contribution is 2.24. The van der Waals surface area contributed by atoms with E-state index in [1.807, 2.05) is 6.92 Å². The van der Waals surface area contributed by atoms with Gasteiger partial charge in [-0.15, -0.1) is 23.7 Å². The quantitative estimate of drug-likeness (QED) is 0.848. The molecule has 0 aliphatic rings. The number of halogens is 1. The minimum absolute atomic E-state index is 0. The van der Waals surface area contributed by atoms with E-state index in [4.69, 9.17) is 0 Å². The first kappa shape index (κ1) is 16.9. The van der Waals surface area contributed by atoms with E-state index in [1.165, 1.54) is 11.4 Å². The summed E-state index contributed by atoms with van der Waals surface area (Å²) >= 11 is 1.74. The van der Waals surface area contributed by atoms with Gasteiger partial charge in [-0.1, -0.05) is 27.7 Å². The second kappa shape index (κ2) is 7.34. The molecule has 0 unspecified atom stereocenters. The smallest absolute Gasteiger partial charge is 0.107 e. The Labute approximate surface area is 116 Å². The second-order valence-electron chi connectivity index (χ2n) is 5.75. The monoisotopic (exact) mass is 276 g/mol. The topological polar surface area (TPSA) is 24.9 Å². The van der Waals surface area contributed by atoms with Gasteiger partial charge in [0.1, 0.15) is 5.01 Å². The van der Waals surface area contributed by atoms with Crippen molar-refractivity contribution in [2.75, 3.05) is 6.54 Å². The summed E-state index contributed by atoms with van der Waals surface area (Å²) in [7, 11) is 0. The molecule has 0 radical (unpaired) electrons. The number of nitrogens with zero attached hydrogens (tertiary/aromatic N) is 1. The zero-order valence-electron chi connectivity index (χ0n) is 11.5. The van der Waals surface area contributed by atoms with Crippen LogP contribution in [-0.2, 0) is 6.54 Å². The third-order valence-corrected chi connectivity index (χ3v) is 3.47. The van der Waals surface area contributed by atoms with Crippen molar-refractivity contribution in [2.24, 2.45) is 11.3 Å². The summed E-state index contributed by atoms with van der Waals surface area (Å²) in [5, 5.41) is 6.81. The van der Waals surface area contributed by atoms with Crippen molar-refractivity contribution >= 4 is 23.7 Å². The van der Waals surface area contributed by atoms with Gasteiger partial charge in [0, 0.05) is 24.2 Å². The molecule has 0 fully saturated rings. The molecular formula is C13H25ClN2S. The van der Waals surface area contributed by atoms with E-state index < -0.39 is 0 Å². The maximum atomic E-state index is 4.45. The molecule has 1 aromatic rings. The van der Waals surface area contributed by atoms with Crippen LogP contribution in [-0.4, -0.2) is 11.5 Å². The molecule has 1 N–H and O–H groups in total. The lowest BCUT2D eigenvalue weighted by molar-refractivity contribution is 0.273. The number of nitrogens with one attached hydrogen (secondary N) is 1. The van der Waals surface area contributed by atoms with Crippen molar-refractivity contribution in [3.05, 3.63) is 16.1 Å². The highest BCUT2D eigenvalue weighted by atomic mass is 35.5. The molecule has 0 spiro atoms. The standard InChI is InChI=1S/C13H24N2S.ClH/c1-10(2)6-13(4,5)9-14-7-12-15-11(3)8-16-12;/h8,10,14H,6-7,9H2,1-5H3;1H. The molecule has 0 aromatic carbocycles. The van der Waals surface area contributed by atoms with Crippen LogP contribution in [0.3, 0.4) is 0 Å². The minimum Gasteiger partial charge on any atom is -0.310 e. The lowest BCUT2D eigenvalue weighted by Crippen LogP contribution is -2.30. The molecule has 2 nitrogen and oxygen atoms in total. The fraction of sp³-hybridized carbons (Fsp3) is 0.769. The number of hydrogen-bond acceptors (Lipinski definition) is 3. The van der Waals surface area contributed by atoms with Crippen LogP contribution in [0, 0.1) is 18.3 Å². The van der Waals surface area contributed by atoms with E-state index in [2.05, 4.69) is 43.4 Å². The molecule has 4 heteroatoms.